The van der Waals surface area contributed by atoms with Crippen molar-refractivity contribution in [3.63, 3.8) is 0 Å². The molecule has 35 heavy (non-hydrogen) atoms. The van der Waals surface area contributed by atoms with Gasteiger partial charge in [-0.1, -0.05) is 50.2 Å². The maximum atomic E-state index is 13.1. The number of anilines is 1. The highest BCUT2D eigenvalue weighted by Gasteiger charge is 2.25. The number of amides is 2. The number of carbonyl (C=O) groups is 1. The van der Waals surface area contributed by atoms with Crippen molar-refractivity contribution in [1.29, 1.82) is 0 Å². The average molecular weight is 471 g/mol. The van der Waals surface area contributed by atoms with E-state index in [9.17, 15) is 9.59 Å². The van der Waals surface area contributed by atoms with Crippen LogP contribution in [-0.2, 0) is 13.6 Å². The molecule has 0 saturated heterocycles. The molecule has 0 atom stereocenters. The summed E-state index contributed by atoms with van der Waals surface area (Å²) in [5.41, 5.74) is 5.04. The molecule has 2 heterocycles. The fraction of sp³-hybridized carbons (Fsp3) is 0.333. The molecule has 5 rings (SSSR count). The Labute approximate surface area is 204 Å². The number of fused-ring (bicyclic) bond motifs is 1. The van der Waals surface area contributed by atoms with E-state index in [1.165, 1.54) is 5.56 Å². The SMILES string of the molecule is CC(C)c1ccccc1-c1ncc2c(n1)n(Cc1ccc(N(C)C(=O)NC3CC3)cc1)c(=O)n2C. The first kappa shape index (κ1) is 22.8. The van der Waals surface area contributed by atoms with E-state index in [-0.39, 0.29) is 11.7 Å². The van der Waals surface area contributed by atoms with Gasteiger partial charge in [-0.15, -0.1) is 0 Å². The highest BCUT2D eigenvalue weighted by molar-refractivity contribution is 5.91. The van der Waals surface area contributed by atoms with Crippen LogP contribution in [0.25, 0.3) is 22.6 Å². The second-order valence-corrected chi connectivity index (χ2v) is 9.52. The number of carbonyl (C=O) groups excluding carboxylic acids is 1. The lowest BCUT2D eigenvalue weighted by Crippen LogP contribution is -2.38. The van der Waals surface area contributed by atoms with Crippen molar-refractivity contribution >= 4 is 22.9 Å². The van der Waals surface area contributed by atoms with Gasteiger partial charge in [0.1, 0.15) is 5.52 Å². The Bertz CT molecular complexity index is 1450. The molecule has 4 aromatic rings. The van der Waals surface area contributed by atoms with Crippen LogP contribution in [0.15, 0.2) is 59.5 Å². The van der Waals surface area contributed by atoms with Crippen molar-refractivity contribution in [2.45, 2.75) is 45.2 Å². The molecule has 1 aliphatic rings. The predicted molar refractivity (Wildman–Crippen MR) is 138 cm³/mol. The Morgan fingerprint density at radius 2 is 1.86 bits per heavy atom. The molecule has 1 saturated carbocycles. The first-order valence-electron chi connectivity index (χ1n) is 12.0. The highest BCUT2D eigenvalue weighted by atomic mass is 16.2. The molecule has 0 unspecified atom stereocenters. The Hall–Kier alpha value is -3.94. The molecule has 8 nitrogen and oxygen atoms in total. The van der Waals surface area contributed by atoms with Crippen LogP contribution in [-0.4, -0.2) is 38.2 Å². The van der Waals surface area contributed by atoms with Gasteiger partial charge >= 0.3 is 11.7 Å². The van der Waals surface area contributed by atoms with E-state index in [1.54, 1.807) is 34.3 Å². The number of aryl methyl sites for hydroxylation is 1. The quantitative estimate of drug-likeness (QED) is 0.456. The molecule has 1 N–H and O–H groups in total. The summed E-state index contributed by atoms with van der Waals surface area (Å²) in [7, 11) is 3.50. The van der Waals surface area contributed by atoms with Crippen LogP contribution < -0.4 is 15.9 Å². The summed E-state index contributed by atoms with van der Waals surface area (Å²) in [6.07, 6.45) is 3.82. The van der Waals surface area contributed by atoms with E-state index >= 15 is 0 Å². The van der Waals surface area contributed by atoms with E-state index < -0.39 is 0 Å². The monoisotopic (exact) mass is 470 g/mol. The van der Waals surface area contributed by atoms with Gasteiger partial charge in [-0.2, -0.15) is 0 Å². The number of rotatable bonds is 6. The minimum absolute atomic E-state index is 0.101. The minimum atomic E-state index is -0.145. The van der Waals surface area contributed by atoms with Crippen LogP contribution in [0.4, 0.5) is 10.5 Å². The van der Waals surface area contributed by atoms with E-state index in [2.05, 4.69) is 30.2 Å². The Balaban J connectivity index is 1.46. The smallest absolute Gasteiger partial charge is 0.330 e. The van der Waals surface area contributed by atoms with Crippen LogP contribution >= 0.6 is 0 Å². The summed E-state index contributed by atoms with van der Waals surface area (Å²) in [5, 5.41) is 2.99. The summed E-state index contributed by atoms with van der Waals surface area (Å²) in [5.74, 6) is 0.936. The molecule has 180 valence electrons. The Kier molecular flexibility index (Phi) is 5.88. The summed E-state index contributed by atoms with van der Waals surface area (Å²) in [6, 6.07) is 16.0. The zero-order valence-electron chi connectivity index (χ0n) is 20.5. The first-order valence-corrected chi connectivity index (χ1v) is 12.0. The van der Waals surface area contributed by atoms with Gasteiger partial charge in [0.2, 0.25) is 0 Å². The number of benzene rings is 2. The Morgan fingerprint density at radius 1 is 1.14 bits per heavy atom. The number of aromatic nitrogens is 4. The Morgan fingerprint density at radius 3 is 2.54 bits per heavy atom. The molecule has 0 spiro atoms. The highest BCUT2D eigenvalue weighted by Crippen LogP contribution is 2.27. The summed E-state index contributed by atoms with van der Waals surface area (Å²) >= 11 is 0. The van der Waals surface area contributed by atoms with Crippen molar-refractivity contribution in [2.24, 2.45) is 7.05 Å². The molecule has 2 aromatic carbocycles. The molecule has 2 amide bonds. The third-order valence-electron chi connectivity index (χ3n) is 6.58. The standard InChI is InChI=1S/C27H30N6O2/c1-17(2)21-7-5-6-8-22(21)24-28-15-23-25(30-24)33(27(35)32(23)4)16-18-9-13-20(14-10-18)31(3)26(34)29-19-11-12-19/h5-10,13-15,17,19H,11-12,16H2,1-4H3,(H,29,34). The molecular formula is C27H30N6O2. The topological polar surface area (TPSA) is 85.1 Å². The van der Waals surface area contributed by atoms with Crippen molar-refractivity contribution in [1.82, 2.24) is 24.4 Å². The molecular weight excluding hydrogens is 440 g/mol. The van der Waals surface area contributed by atoms with Crippen LogP contribution in [0.1, 0.15) is 43.7 Å². The van der Waals surface area contributed by atoms with Gasteiger partial charge in [-0.05, 0) is 42.0 Å². The second-order valence-electron chi connectivity index (χ2n) is 9.52. The van der Waals surface area contributed by atoms with Crippen LogP contribution in [0.3, 0.4) is 0 Å². The summed E-state index contributed by atoms with van der Waals surface area (Å²) in [4.78, 5) is 36.5. The van der Waals surface area contributed by atoms with Crippen molar-refractivity contribution < 1.29 is 4.79 Å². The fourth-order valence-electron chi connectivity index (χ4n) is 4.28. The third-order valence-corrected chi connectivity index (χ3v) is 6.58. The average Bonchev–Trinajstić information content (AvgIpc) is 3.66. The molecule has 0 bridgehead atoms. The molecule has 2 aromatic heterocycles. The van der Waals surface area contributed by atoms with E-state index in [0.717, 1.165) is 29.7 Å². The molecule has 1 aliphatic carbocycles. The lowest BCUT2D eigenvalue weighted by atomic mass is 9.97. The van der Waals surface area contributed by atoms with Gasteiger partial charge in [0.05, 0.1) is 12.7 Å². The maximum Gasteiger partial charge on any atom is 0.330 e. The number of urea groups is 1. The largest absolute Gasteiger partial charge is 0.335 e. The van der Waals surface area contributed by atoms with Crippen LogP contribution in [0.5, 0.6) is 0 Å². The lowest BCUT2D eigenvalue weighted by molar-refractivity contribution is 0.247. The van der Waals surface area contributed by atoms with E-state index in [1.807, 2.05) is 42.5 Å². The second kappa shape index (κ2) is 9.02. The number of hydrogen-bond acceptors (Lipinski definition) is 4. The van der Waals surface area contributed by atoms with Crippen molar-refractivity contribution in [3.8, 4) is 11.4 Å². The predicted octanol–water partition coefficient (Wildman–Crippen LogP) is 4.28. The normalized spacial score (nSPS) is 13.4. The van der Waals surface area contributed by atoms with Gasteiger partial charge in [0, 0.05) is 31.4 Å². The summed E-state index contributed by atoms with van der Waals surface area (Å²) in [6.45, 7) is 4.66. The fourth-order valence-corrected chi connectivity index (χ4v) is 4.28. The maximum absolute atomic E-state index is 13.1. The molecule has 1 fully saturated rings. The van der Waals surface area contributed by atoms with Crippen LogP contribution in [0.2, 0.25) is 0 Å². The number of hydrogen-bond donors (Lipinski definition) is 1. The zero-order valence-corrected chi connectivity index (χ0v) is 20.5. The third kappa shape index (κ3) is 4.43. The van der Waals surface area contributed by atoms with Gasteiger partial charge < -0.3 is 5.32 Å². The van der Waals surface area contributed by atoms with Crippen molar-refractivity contribution in [3.05, 3.63) is 76.3 Å². The van der Waals surface area contributed by atoms with Crippen molar-refractivity contribution in [2.75, 3.05) is 11.9 Å². The van der Waals surface area contributed by atoms with E-state index in [0.29, 0.717) is 35.5 Å². The first-order chi connectivity index (χ1) is 16.8. The number of imidazole rings is 1. The molecule has 8 heteroatoms. The molecule has 0 aliphatic heterocycles. The van der Waals surface area contributed by atoms with Crippen LogP contribution in [0, 0.1) is 0 Å². The number of nitrogens with one attached hydrogen (secondary N) is 1. The van der Waals surface area contributed by atoms with Gasteiger partial charge in [-0.25, -0.2) is 19.6 Å². The van der Waals surface area contributed by atoms with Gasteiger partial charge in [0.15, 0.2) is 11.5 Å². The summed E-state index contributed by atoms with van der Waals surface area (Å²) < 4.78 is 3.26. The molecule has 0 radical (unpaired) electrons. The number of nitrogens with zero attached hydrogens (tertiary/aromatic N) is 5. The van der Waals surface area contributed by atoms with Gasteiger partial charge in [0.25, 0.3) is 0 Å². The lowest BCUT2D eigenvalue weighted by Gasteiger charge is -2.18. The zero-order chi connectivity index (χ0) is 24.7. The van der Waals surface area contributed by atoms with Gasteiger partial charge in [-0.3, -0.25) is 14.0 Å². The van der Waals surface area contributed by atoms with E-state index in [4.69, 9.17) is 4.98 Å². The minimum Gasteiger partial charge on any atom is -0.335 e.